The molecule has 1 aromatic rings. The van der Waals surface area contributed by atoms with Crippen LogP contribution >= 0.6 is 15.9 Å². The SMILES string of the molecule is CC(C)(C)C1=CCN(Cc2cc(N)ccc2Br)CC1. The molecule has 0 aromatic heterocycles. The van der Waals surface area contributed by atoms with Crippen LogP contribution < -0.4 is 5.73 Å². The molecule has 3 heteroatoms. The van der Waals surface area contributed by atoms with Crippen LogP contribution in [0.15, 0.2) is 34.3 Å². The van der Waals surface area contributed by atoms with Crippen molar-refractivity contribution in [2.45, 2.75) is 33.7 Å². The van der Waals surface area contributed by atoms with E-state index in [1.54, 1.807) is 5.57 Å². The van der Waals surface area contributed by atoms with Crippen LogP contribution in [-0.2, 0) is 6.54 Å². The van der Waals surface area contributed by atoms with Crippen molar-refractivity contribution in [2.24, 2.45) is 5.41 Å². The fraction of sp³-hybridized carbons (Fsp3) is 0.500. The highest BCUT2D eigenvalue weighted by atomic mass is 79.9. The van der Waals surface area contributed by atoms with Crippen molar-refractivity contribution in [3.05, 3.63) is 39.9 Å². The minimum atomic E-state index is 0.309. The molecule has 0 bridgehead atoms. The molecule has 0 unspecified atom stereocenters. The summed E-state index contributed by atoms with van der Waals surface area (Å²) in [5.41, 5.74) is 9.85. The molecule has 0 saturated carbocycles. The van der Waals surface area contributed by atoms with Gasteiger partial charge in [0.2, 0.25) is 0 Å². The number of benzene rings is 1. The minimum absolute atomic E-state index is 0.309. The molecule has 19 heavy (non-hydrogen) atoms. The third-order valence-electron chi connectivity index (χ3n) is 3.72. The minimum Gasteiger partial charge on any atom is -0.399 e. The van der Waals surface area contributed by atoms with E-state index in [0.717, 1.165) is 29.8 Å². The summed E-state index contributed by atoms with van der Waals surface area (Å²) in [7, 11) is 0. The Hall–Kier alpha value is -0.800. The predicted molar refractivity (Wildman–Crippen MR) is 86.0 cm³/mol. The predicted octanol–water partition coefficient (Wildman–Crippen LogP) is 4.21. The molecule has 0 fully saturated rings. The molecule has 0 saturated heterocycles. The van der Waals surface area contributed by atoms with Gasteiger partial charge in [0.15, 0.2) is 0 Å². The van der Waals surface area contributed by atoms with E-state index in [0.29, 0.717) is 5.41 Å². The Labute approximate surface area is 124 Å². The summed E-state index contributed by atoms with van der Waals surface area (Å²) < 4.78 is 1.15. The van der Waals surface area contributed by atoms with E-state index in [1.165, 1.54) is 12.0 Å². The number of hydrogen-bond acceptors (Lipinski definition) is 2. The zero-order chi connectivity index (χ0) is 14.0. The molecule has 2 nitrogen and oxygen atoms in total. The quantitative estimate of drug-likeness (QED) is 0.652. The van der Waals surface area contributed by atoms with Gasteiger partial charge in [0, 0.05) is 29.8 Å². The average Bonchev–Trinajstić information content (AvgIpc) is 2.33. The Morgan fingerprint density at radius 3 is 2.63 bits per heavy atom. The first-order valence-corrected chi connectivity index (χ1v) is 7.61. The number of anilines is 1. The Morgan fingerprint density at radius 1 is 1.32 bits per heavy atom. The molecule has 1 heterocycles. The number of halogens is 1. The topological polar surface area (TPSA) is 29.3 Å². The second-order valence-corrected chi connectivity index (χ2v) is 7.17. The van der Waals surface area contributed by atoms with Gasteiger partial charge in [0.1, 0.15) is 0 Å². The standard InChI is InChI=1S/C16H23BrN2/c1-16(2,3)13-6-8-19(9-7-13)11-12-10-14(18)4-5-15(12)17/h4-6,10H,7-9,11,18H2,1-3H3. The molecular weight excluding hydrogens is 300 g/mol. The van der Waals surface area contributed by atoms with Crippen LogP contribution in [0.4, 0.5) is 5.69 Å². The van der Waals surface area contributed by atoms with Gasteiger partial charge in [-0.3, -0.25) is 4.90 Å². The van der Waals surface area contributed by atoms with E-state index in [1.807, 2.05) is 12.1 Å². The van der Waals surface area contributed by atoms with Crippen molar-refractivity contribution >= 4 is 21.6 Å². The van der Waals surface area contributed by atoms with Gasteiger partial charge in [-0.2, -0.15) is 0 Å². The van der Waals surface area contributed by atoms with Gasteiger partial charge in [0.25, 0.3) is 0 Å². The van der Waals surface area contributed by atoms with Crippen LogP contribution in [0.1, 0.15) is 32.8 Å². The summed E-state index contributed by atoms with van der Waals surface area (Å²) in [6.07, 6.45) is 3.56. The van der Waals surface area contributed by atoms with Crippen LogP contribution in [-0.4, -0.2) is 18.0 Å². The number of nitrogens with two attached hydrogens (primary N) is 1. The molecule has 104 valence electrons. The Kier molecular flexibility index (Phi) is 4.36. The highest BCUT2D eigenvalue weighted by molar-refractivity contribution is 9.10. The molecule has 2 rings (SSSR count). The summed E-state index contributed by atoms with van der Waals surface area (Å²) in [6.45, 7) is 10.0. The molecule has 0 radical (unpaired) electrons. The molecule has 0 amide bonds. The maximum Gasteiger partial charge on any atom is 0.0318 e. The number of rotatable bonds is 2. The second kappa shape index (κ2) is 5.68. The second-order valence-electron chi connectivity index (χ2n) is 6.32. The smallest absolute Gasteiger partial charge is 0.0318 e. The summed E-state index contributed by atoms with van der Waals surface area (Å²) >= 11 is 3.60. The van der Waals surface area contributed by atoms with Crippen molar-refractivity contribution in [1.29, 1.82) is 0 Å². The van der Waals surface area contributed by atoms with Crippen molar-refractivity contribution in [1.82, 2.24) is 4.90 Å². The van der Waals surface area contributed by atoms with E-state index in [2.05, 4.69) is 53.7 Å². The van der Waals surface area contributed by atoms with E-state index < -0.39 is 0 Å². The highest BCUT2D eigenvalue weighted by Crippen LogP contribution is 2.31. The number of hydrogen-bond donors (Lipinski definition) is 1. The summed E-state index contributed by atoms with van der Waals surface area (Å²) in [4.78, 5) is 2.47. The molecule has 1 aliphatic rings. The fourth-order valence-electron chi connectivity index (χ4n) is 2.49. The van der Waals surface area contributed by atoms with Gasteiger partial charge in [-0.1, -0.05) is 48.4 Å². The Balaban J connectivity index is 2.03. The normalized spacial score (nSPS) is 17.4. The van der Waals surface area contributed by atoms with Crippen molar-refractivity contribution in [3.8, 4) is 0 Å². The van der Waals surface area contributed by atoms with Gasteiger partial charge < -0.3 is 5.73 Å². The monoisotopic (exact) mass is 322 g/mol. The van der Waals surface area contributed by atoms with Crippen LogP contribution in [0, 0.1) is 5.41 Å². The van der Waals surface area contributed by atoms with Crippen LogP contribution in [0.5, 0.6) is 0 Å². The molecule has 0 atom stereocenters. The molecular formula is C16H23BrN2. The van der Waals surface area contributed by atoms with E-state index in [-0.39, 0.29) is 0 Å². The first-order chi connectivity index (χ1) is 8.86. The molecule has 0 spiro atoms. The Morgan fingerprint density at radius 2 is 2.05 bits per heavy atom. The average molecular weight is 323 g/mol. The van der Waals surface area contributed by atoms with Gasteiger partial charge >= 0.3 is 0 Å². The lowest BCUT2D eigenvalue weighted by Crippen LogP contribution is -2.31. The molecule has 1 aliphatic heterocycles. The maximum absolute atomic E-state index is 5.86. The molecule has 2 N–H and O–H groups in total. The van der Waals surface area contributed by atoms with Gasteiger partial charge in [-0.25, -0.2) is 0 Å². The summed E-state index contributed by atoms with van der Waals surface area (Å²) in [5, 5.41) is 0. The fourth-order valence-corrected chi connectivity index (χ4v) is 2.86. The number of nitrogen functional groups attached to an aromatic ring is 1. The first kappa shape index (κ1) is 14.6. The maximum atomic E-state index is 5.86. The van der Waals surface area contributed by atoms with Crippen molar-refractivity contribution < 1.29 is 0 Å². The van der Waals surface area contributed by atoms with Crippen LogP contribution in [0.25, 0.3) is 0 Å². The first-order valence-electron chi connectivity index (χ1n) is 6.82. The third kappa shape index (κ3) is 3.83. The lowest BCUT2D eigenvalue weighted by Gasteiger charge is -2.32. The van der Waals surface area contributed by atoms with E-state index in [9.17, 15) is 0 Å². The van der Waals surface area contributed by atoms with Gasteiger partial charge in [-0.05, 0) is 35.6 Å². The van der Waals surface area contributed by atoms with Gasteiger partial charge in [0.05, 0.1) is 0 Å². The third-order valence-corrected chi connectivity index (χ3v) is 4.49. The van der Waals surface area contributed by atoms with Crippen LogP contribution in [0.2, 0.25) is 0 Å². The zero-order valence-electron chi connectivity index (χ0n) is 12.0. The summed E-state index contributed by atoms with van der Waals surface area (Å²) in [6, 6.07) is 6.03. The van der Waals surface area contributed by atoms with Gasteiger partial charge in [-0.15, -0.1) is 0 Å². The number of nitrogens with zero attached hydrogens (tertiary/aromatic N) is 1. The van der Waals surface area contributed by atoms with E-state index in [4.69, 9.17) is 5.73 Å². The lowest BCUT2D eigenvalue weighted by molar-refractivity contribution is 0.271. The summed E-state index contributed by atoms with van der Waals surface area (Å²) in [5.74, 6) is 0. The van der Waals surface area contributed by atoms with Crippen molar-refractivity contribution in [2.75, 3.05) is 18.8 Å². The van der Waals surface area contributed by atoms with Crippen LogP contribution in [0.3, 0.4) is 0 Å². The van der Waals surface area contributed by atoms with E-state index >= 15 is 0 Å². The zero-order valence-corrected chi connectivity index (χ0v) is 13.6. The Bertz CT molecular complexity index is 486. The largest absolute Gasteiger partial charge is 0.399 e. The molecule has 0 aliphatic carbocycles. The molecule has 1 aromatic carbocycles. The highest BCUT2D eigenvalue weighted by Gasteiger charge is 2.21. The van der Waals surface area contributed by atoms with Crippen molar-refractivity contribution in [3.63, 3.8) is 0 Å². The lowest BCUT2D eigenvalue weighted by atomic mass is 9.83.